The molecule has 3 rings (SSSR count). The van der Waals surface area contributed by atoms with Crippen molar-refractivity contribution in [2.45, 2.75) is 38.9 Å². The van der Waals surface area contributed by atoms with Crippen molar-refractivity contribution in [2.75, 3.05) is 6.61 Å². The summed E-state index contributed by atoms with van der Waals surface area (Å²) >= 11 is 0. The minimum Gasteiger partial charge on any atom is -0.487 e. The summed E-state index contributed by atoms with van der Waals surface area (Å²) in [6.45, 7) is 7.49. The van der Waals surface area contributed by atoms with Crippen LogP contribution < -0.4 is 4.74 Å². The number of benzene rings is 1. The monoisotopic (exact) mass is 232 g/mol. The van der Waals surface area contributed by atoms with E-state index >= 15 is 0 Å². The fraction of sp³-hybridized carbons (Fsp3) is 0.600. The summed E-state index contributed by atoms with van der Waals surface area (Å²) in [6.07, 6.45) is 1.40. The zero-order valence-electron chi connectivity index (χ0n) is 10.8. The van der Waals surface area contributed by atoms with Crippen molar-refractivity contribution in [1.29, 1.82) is 0 Å². The standard InChI is InChI=1S/C15H20O2/c1-10-8-12-14(16-9-10)11-6-4-5-7-13(11)17-15(12,2)3/h4-7,10,12,14H,8-9H2,1-3H3/t10-,12+,14-/m0/s1. The first-order chi connectivity index (χ1) is 8.08. The lowest BCUT2D eigenvalue weighted by Gasteiger charge is -2.48. The molecular weight excluding hydrogens is 212 g/mol. The lowest BCUT2D eigenvalue weighted by atomic mass is 9.74. The van der Waals surface area contributed by atoms with Crippen LogP contribution in [-0.2, 0) is 4.74 Å². The molecule has 1 aromatic rings. The second-order valence-electron chi connectivity index (χ2n) is 5.94. The Bertz CT molecular complexity index is 425. The molecule has 0 aliphatic carbocycles. The van der Waals surface area contributed by atoms with Crippen LogP contribution in [0.2, 0.25) is 0 Å². The highest BCUT2D eigenvalue weighted by Gasteiger charge is 2.46. The van der Waals surface area contributed by atoms with Crippen LogP contribution >= 0.6 is 0 Å². The molecule has 0 unspecified atom stereocenters. The number of hydrogen-bond donors (Lipinski definition) is 0. The van der Waals surface area contributed by atoms with Gasteiger partial charge in [-0.25, -0.2) is 0 Å². The summed E-state index contributed by atoms with van der Waals surface area (Å²) in [6, 6.07) is 8.28. The largest absolute Gasteiger partial charge is 0.487 e. The molecule has 2 nitrogen and oxygen atoms in total. The van der Waals surface area contributed by atoms with Gasteiger partial charge in [-0.15, -0.1) is 0 Å². The number of hydrogen-bond acceptors (Lipinski definition) is 2. The first-order valence-corrected chi connectivity index (χ1v) is 6.47. The quantitative estimate of drug-likeness (QED) is 0.680. The summed E-state index contributed by atoms with van der Waals surface area (Å²) in [4.78, 5) is 0. The molecule has 1 fully saturated rings. The second kappa shape index (κ2) is 3.74. The van der Waals surface area contributed by atoms with Gasteiger partial charge < -0.3 is 9.47 Å². The zero-order valence-corrected chi connectivity index (χ0v) is 10.8. The van der Waals surface area contributed by atoms with Gasteiger partial charge >= 0.3 is 0 Å². The predicted octanol–water partition coefficient (Wildman–Crippen LogP) is 3.57. The van der Waals surface area contributed by atoms with Gasteiger partial charge in [-0.1, -0.05) is 25.1 Å². The molecule has 0 radical (unpaired) electrons. The van der Waals surface area contributed by atoms with Crippen LogP contribution in [0.4, 0.5) is 0 Å². The van der Waals surface area contributed by atoms with Crippen molar-refractivity contribution in [1.82, 2.24) is 0 Å². The lowest BCUT2D eigenvalue weighted by molar-refractivity contribution is -0.133. The predicted molar refractivity (Wildman–Crippen MR) is 67.1 cm³/mol. The normalized spacial score (nSPS) is 34.4. The van der Waals surface area contributed by atoms with E-state index in [1.807, 2.05) is 6.07 Å². The van der Waals surface area contributed by atoms with Gasteiger partial charge in [0.25, 0.3) is 0 Å². The molecule has 2 aliphatic rings. The maximum absolute atomic E-state index is 6.16. The average molecular weight is 232 g/mol. The van der Waals surface area contributed by atoms with E-state index in [4.69, 9.17) is 9.47 Å². The molecule has 92 valence electrons. The Morgan fingerprint density at radius 3 is 2.82 bits per heavy atom. The van der Waals surface area contributed by atoms with Crippen LogP contribution in [0.5, 0.6) is 5.75 Å². The zero-order chi connectivity index (χ0) is 12.0. The van der Waals surface area contributed by atoms with E-state index in [-0.39, 0.29) is 11.7 Å². The molecule has 0 aromatic heterocycles. The third-order valence-electron chi connectivity index (χ3n) is 4.07. The van der Waals surface area contributed by atoms with Gasteiger partial charge in [-0.2, -0.15) is 0 Å². The molecule has 2 heteroatoms. The number of fused-ring (bicyclic) bond motifs is 3. The number of ether oxygens (including phenoxy) is 2. The van der Waals surface area contributed by atoms with Crippen molar-refractivity contribution in [2.24, 2.45) is 11.8 Å². The van der Waals surface area contributed by atoms with Crippen LogP contribution in [0, 0.1) is 11.8 Å². The Morgan fingerprint density at radius 1 is 1.24 bits per heavy atom. The van der Waals surface area contributed by atoms with E-state index in [2.05, 4.69) is 39.0 Å². The van der Waals surface area contributed by atoms with E-state index in [1.54, 1.807) is 0 Å². The van der Waals surface area contributed by atoms with Crippen LogP contribution in [0.15, 0.2) is 24.3 Å². The molecule has 0 N–H and O–H groups in total. The Balaban J connectivity index is 2.04. The maximum Gasteiger partial charge on any atom is 0.125 e. The summed E-state index contributed by atoms with van der Waals surface area (Å²) in [5.74, 6) is 2.08. The molecule has 17 heavy (non-hydrogen) atoms. The van der Waals surface area contributed by atoms with E-state index < -0.39 is 0 Å². The first-order valence-electron chi connectivity index (χ1n) is 6.47. The van der Waals surface area contributed by atoms with Crippen molar-refractivity contribution in [3.05, 3.63) is 29.8 Å². The summed E-state index contributed by atoms with van der Waals surface area (Å²) < 4.78 is 12.2. The highest BCUT2D eigenvalue weighted by Crippen LogP contribution is 2.50. The van der Waals surface area contributed by atoms with Gasteiger partial charge in [0.05, 0.1) is 6.10 Å². The minimum atomic E-state index is -0.131. The van der Waals surface area contributed by atoms with Crippen molar-refractivity contribution in [3.63, 3.8) is 0 Å². The number of para-hydroxylation sites is 1. The Kier molecular flexibility index (Phi) is 2.44. The minimum absolute atomic E-state index is 0.131. The Morgan fingerprint density at radius 2 is 2.00 bits per heavy atom. The van der Waals surface area contributed by atoms with Crippen molar-refractivity contribution >= 4 is 0 Å². The number of rotatable bonds is 0. The third kappa shape index (κ3) is 1.75. The summed E-state index contributed by atoms with van der Waals surface area (Å²) in [5.41, 5.74) is 1.09. The molecule has 0 amide bonds. The topological polar surface area (TPSA) is 18.5 Å². The average Bonchev–Trinajstić information content (AvgIpc) is 2.29. The van der Waals surface area contributed by atoms with Gasteiger partial charge in [0.1, 0.15) is 11.4 Å². The summed E-state index contributed by atoms with van der Waals surface area (Å²) in [7, 11) is 0. The highest BCUT2D eigenvalue weighted by molar-refractivity contribution is 5.39. The van der Waals surface area contributed by atoms with E-state index in [0.717, 1.165) is 12.4 Å². The van der Waals surface area contributed by atoms with Gasteiger partial charge in [0.15, 0.2) is 0 Å². The second-order valence-corrected chi connectivity index (χ2v) is 5.94. The van der Waals surface area contributed by atoms with Crippen LogP contribution in [0.3, 0.4) is 0 Å². The fourth-order valence-corrected chi connectivity index (χ4v) is 3.13. The highest BCUT2D eigenvalue weighted by atomic mass is 16.5. The van der Waals surface area contributed by atoms with Gasteiger partial charge in [-0.3, -0.25) is 0 Å². The van der Waals surface area contributed by atoms with E-state index in [1.165, 1.54) is 12.0 Å². The van der Waals surface area contributed by atoms with Crippen molar-refractivity contribution < 1.29 is 9.47 Å². The molecular formula is C15H20O2. The molecule has 0 bridgehead atoms. The first kappa shape index (κ1) is 11.1. The van der Waals surface area contributed by atoms with Crippen LogP contribution in [0.25, 0.3) is 0 Å². The van der Waals surface area contributed by atoms with Crippen LogP contribution in [0.1, 0.15) is 38.9 Å². The van der Waals surface area contributed by atoms with Crippen molar-refractivity contribution in [3.8, 4) is 5.75 Å². The molecule has 0 saturated carbocycles. The lowest BCUT2D eigenvalue weighted by Crippen LogP contribution is -2.48. The van der Waals surface area contributed by atoms with E-state index in [9.17, 15) is 0 Å². The Hall–Kier alpha value is -1.02. The maximum atomic E-state index is 6.16. The Labute approximate surface area is 103 Å². The SMILES string of the molecule is C[C@@H]1CO[C@H]2c3ccccc3OC(C)(C)[C@@H]2C1. The molecule has 1 aromatic carbocycles. The summed E-state index contributed by atoms with van der Waals surface area (Å²) in [5, 5.41) is 0. The third-order valence-corrected chi connectivity index (χ3v) is 4.07. The molecule has 3 atom stereocenters. The van der Waals surface area contributed by atoms with Gasteiger partial charge in [0.2, 0.25) is 0 Å². The molecule has 1 saturated heterocycles. The molecule has 2 aliphatic heterocycles. The van der Waals surface area contributed by atoms with E-state index in [0.29, 0.717) is 11.8 Å². The van der Waals surface area contributed by atoms with Gasteiger partial charge in [-0.05, 0) is 32.3 Å². The fourth-order valence-electron chi connectivity index (χ4n) is 3.13. The molecule has 2 heterocycles. The smallest absolute Gasteiger partial charge is 0.125 e. The van der Waals surface area contributed by atoms with Gasteiger partial charge in [0, 0.05) is 18.1 Å². The molecule has 0 spiro atoms. The van der Waals surface area contributed by atoms with Crippen LogP contribution in [-0.4, -0.2) is 12.2 Å².